The van der Waals surface area contributed by atoms with Crippen LogP contribution in [0.1, 0.15) is 117 Å². The van der Waals surface area contributed by atoms with Crippen LogP contribution in [0.4, 0.5) is 0 Å². The van der Waals surface area contributed by atoms with Crippen molar-refractivity contribution in [1.29, 1.82) is 5.41 Å². The molecule has 4 heteroatoms. The Balaban J connectivity index is 1.27. The van der Waals surface area contributed by atoms with Crippen LogP contribution in [0.15, 0.2) is 197 Å². The Kier molecular flexibility index (Phi) is 12.9. The lowest BCUT2D eigenvalue weighted by Gasteiger charge is -2.23. The first-order valence-electron chi connectivity index (χ1n) is 25.3. The smallest absolute Gasteiger partial charge is 0.0676 e. The third kappa shape index (κ3) is 9.00. The molecule has 0 radical (unpaired) electrons. The summed E-state index contributed by atoms with van der Waals surface area (Å²) in [6.45, 7) is 15.9. The van der Waals surface area contributed by atoms with Gasteiger partial charge in [0.2, 0.25) is 0 Å². The van der Waals surface area contributed by atoms with Crippen LogP contribution < -0.4 is 0 Å². The highest BCUT2D eigenvalue weighted by molar-refractivity contribution is 6.15. The van der Waals surface area contributed by atoms with Crippen molar-refractivity contribution >= 4 is 57.3 Å². The van der Waals surface area contributed by atoms with Gasteiger partial charge in [-0.15, -0.1) is 0 Å². The summed E-state index contributed by atoms with van der Waals surface area (Å²) in [5, 5.41) is 14.7. The van der Waals surface area contributed by atoms with Crippen LogP contribution in [0, 0.1) is 5.41 Å². The molecule has 2 atom stereocenters. The lowest BCUT2D eigenvalue weighted by molar-refractivity contribution is 0.851. The molecule has 0 saturated heterocycles. The van der Waals surface area contributed by atoms with E-state index in [0.29, 0.717) is 17.5 Å². The van der Waals surface area contributed by atoms with E-state index < -0.39 is 0 Å². The second-order valence-electron chi connectivity index (χ2n) is 20.2. The zero-order chi connectivity index (χ0) is 49.5. The number of rotatable bonds is 4. The number of aromatic nitrogens is 2. The van der Waals surface area contributed by atoms with E-state index in [1.165, 1.54) is 60.6 Å². The molecule has 4 heterocycles. The molecule has 2 aromatic heterocycles. The summed E-state index contributed by atoms with van der Waals surface area (Å²) < 4.78 is 4.74. The average molecular weight is 925 g/mol. The molecule has 2 unspecified atom stereocenters. The topological polar surface area (TPSA) is 46.1 Å². The Morgan fingerprint density at radius 2 is 0.958 bits per heavy atom. The molecule has 6 bridgehead atoms. The first-order chi connectivity index (χ1) is 34.4. The SMILES string of the molecule is CC1=Cc2c3ccccc3c(n2C)-c2ccc(C(C)C)cc2C(C)/C(=C\c2ccccc2)C2=N/C(=C\c3c4ccccc4c(n3C)-c3ccc(C(C)C)cc3C(C)/C(=C\c3ccccc3)C(=N)C=C1)C=C2. The second kappa shape index (κ2) is 19.5. The van der Waals surface area contributed by atoms with E-state index in [1.807, 2.05) is 6.08 Å². The van der Waals surface area contributed by atoms with E-state index in [2.05, 4.69) is 260 Å². The molecule has 8 aromatic rings. The third-order valence-electron chi connectivity index (χ3n) is 14.8. The van der Waals surface area contributed by atoms with Crippen LogP contribution in [0.2, 0.25) is 0 Å². The van der Waals surface area contributed by atoms with Crippen molar-refractivity contribution in [2.75, 3.05) is 0 Å². The first-order valence-corrected chi connectivity index (χ1v) is 25.3. The second-order valence-corrected chi connectivity index (χ2v) is 20.2. The number of hydrogen-bond donors (Lipinski definition) is 1. The Morgan fingerprint density at radius 1 is 0.507 bits per heavy atom. The fourth-order valence-corrected chi connectivity index (χ4v) is 10.8. The molecule has 0 amide bonds. The Morgan fingerprint density at radius 3 is 1.46 bits per heavy atom. The minimum Gasteiger partial charge on any atom is -0.343 e. The first kappa shape index (κ1) is 46.9. The van der Waals surface area contributed by atoms with E-state index in [1.54, 1.807) is 0 Å². The van der Waals surface area contributed by atoms with Gasteiger partial charge in [0.15, 0.2) is 0 Å². The van der Waals surface area contributed by atoms with Crippen molar-refractivity contribution in [2.24, 2.45) is 19.1 Å². The van der Waals surface area contributed by atoms with Gasteiger partial charge in [-0.3, -0.25) is 0 Å². The van der Waals surface area contributed by atoms with E-state index >= 15 is 0 Å². The maximum atomic E-state index is 9.93. The summed E-state index contributed by atoms with van der Waals surface area (Å²) in [4.78, 5) is 5.52. The summed E-state index contributed by atoms with van der Waals surface area (Å²) in [5.74, 6) is 0.531. The van der Waals surface area contributed by atoms with Crippen molar-refractivity contribution in [3.8, 4) is 22.5 Å². The summed E-state index contributed by atoms with van der Waals surface area (Å²) >= 11 is 0. The predicted molar refractivity (Wildman–Crippen MR) is 306 cm³/mol. The molecular formula is C67H64N4. The van der Waals surface area contributed by atoms with Gasteiger partial charge in [0.05, 0.1) is 34.2 Å². The maximum Gasteiger partial charge on any atom is 0.0676 e. The Bertz CT molecular complexity index is 3590. The van der Waals surface area contributed by atoms with Crippen molar-refractivity contribution < 1.29 is 0 Å². The van der Waals surface area contributed by atoms with Gasteiger partial charge in [0.25, 0.3) is 0 Å². The number of nitrogens with zero attached hydrogens (tertiary/aromatic N) is 3. The molecule has 0 fully saturated rings. The predicted octanol–water partition coefficient (Wildman–Crippen LogP) is 17.7. The van der Waals surface area contributed by atoms with Gasteiger partial charge in [-0.05, 0) is 111 Å². The molecule has 0 aliphatic carbocycles. The Labute approximate surface area is 420 Å². The van der Waals surface area contributed by atoms with Gasteiger partial charge in [-0.25, -0.2) is 4.99 Å². The number of aliphatic imine (C=N–C) groups is 1. The Hall–Kier alpha value is -7.82. The minimum atomic E-state index is -0.125. The standard InChI is InChI=1S/C67H64N4/c1-42(2)49-29-32-56-58(39-49)45(6)60(37-47-20-12-10-13-21-47)62(68)34-28-44(5)36-64-52-24-16-18-26-54(52)66(70(64)8)57-33-30-50(43(3)4)40-59(57)46(7)61(38-48-22-14-11-15-23-48)63-35-31-51(69-63)41-65-53-25-17-19-27-55(53)67(56)71(65)9/h10-43,45-46,68H,1-9H3/b34-28?,44-36?,51-41-,60-37+,61-38+,68-62?. The lowest BCUT2D eigenvalue weighted by Crippen LogP contribution is -2.10. The van der Waals surface area contributed by atoms with E-state index in [0.717, 1.165) is 56.3 Å². The quantitative estimate of drug-likeness (QED) is 0.183. The van der Waals surface area contributed by atoms with Crippen LogP contribution in [0.25, 0.3) is 68.4 Å². The van der Waals surface area contributed by atoms with Gasteiger partial charge in [-0.1, -0.05) is 193 Å². The number of hydrogen-bond acceptors (Lipinski definition) is 2. The average Bonchev–Trinajstić information content (AvgIpc) is 4.05. The van der Waals surface area contributed by atoms with Crippen LogP contribution in [0.5, 0.6) is 0 Å². The minimum absolute atomic E-state index is 0.0218. The maximum absolute atomic E-state index is 9.93. The molecule has 352 valence electrons. The zero-order valence-corrected chi connectivity index (χ0v) is 42.6. The van der Waals surface area contributed by atoms with Crippen molar-refractivity contribution in [1.82, 2.24) is 9.13 Å². The van der Waals surface area contributed by atoms with Gasteiger partial charge < -0.3 is 14.5 Å². The van der Waals surface area contributed by atoms with Crippen molar-refractivity contribution in [3.63, 3.8) is 0 Å². The number of allylic oxidation sites excluding steroid dienone is 7. The number of benzene rings is 6. The van der Waals surface area contributed by atoms with E-state index in [4.69, 9.17) is 4.99 Å². The van der Waals surface area contributed by atoms with Gasteiger partial charge >= 0.3 is 0 Å². The zero-order valence-electron chi connectivity index (χ0n) is 42.6. The largest absolute Gasteiger partial charge is 0.343 e. The molecule has 4 nitrogen and oxygen atoms in total. The van der Waals surface area contributed by atoms with Crippen LogP contribution in [-0.2, 0) is 14.1 Å². The molecule has 2 aliphatic rings. The van der Waals surface area contributed by atoms with E-state index in [-0.39, 0.29) is 11.8 Å². The summed E-state index contributed by atoms with van der Waals surface area (Å²) in [5.41, 5.74) is 19.7. The lowest BCUT2D eigenvalue weighted by atomic mass is 9.82. The van der Waals surface area contributed by atoms with Gasteiger partial charge in [-0.2, -0.15) is 0 Å². The molecule has 0 saturated carbocycles. The summed E-state index contributed by atoms with van der Waals surface area (Å²) in [6, 6.07) is 52.9. The van der Waals surface area contributed by atoms with Gasteiger partial charge in [0.1, 0.15) is 0 Å². The van der Waals surface area contributed by atoms with Crippen LogP contribution in [-0.4, -0.2) is 20.6 Å². The van der Waals surface area contributed by atoms with Gasteiger partial charge in [0, 0.05) is 64.3 Å². The normalized spacial score (nSPS) is 18.3. The molecular weight excluding hydrogens is 861 g/mol. The highest BCUT2D eigenvalue weighted by atomic mass is 15.0. The molecule has 0 spiro atoms. The molecule has 1 N–H and O–H groups in total. The van der Waals surface area contributed by atoms with Crippen molar-refractivity contribution in [2.45, 2.75) is 72.1 Å². The monoisotopic (exact) mass is 925 g/mol. The fourth-order valence-electron chi connectivity index (χ4n) is 10.8. The highest BCUT2D eigenvalue weighted by Crippen LogP contribution is 2.44. The molecule has 6 aromatic carbocycles. The third-order valence-corrected chi connectivity index (χ3v) is 14.8. The van der Waals surface area contributed by atoms with Crippen LogP contribution in [0.3, 0.4) is 0 Å². The summed E-state index contributed by atoms with van der Waals surface area (Å²) in [7, 11) is 4.40. The molecule has 10 rings (SSSR count). The number of fused-ring (bicyclic) bond motifs is 15. The van der Waals surface area contributed by atoms with Crippen molar-refractivity contribution in [3.05, 3.63) is 237 Å². The molecule has 71 heavy (non-hydrogen) atoms. The summed E-state index contributed by atoms with van der Waals surface area (Å²) in [6.07, 6.45) is 17.6. The number of nitrogens with one attached hydrogen (secondary N) is 1. The molecule has 2 aliphatic heterocycles. The van der Waals surface area contributed by atoms with E-state index in [9.17, 15) is 5.41 Å². The highest BCUT2D eigenvalue weighted by Gasteiger charge is 2.27. The fraction of sp³-hybridized carbons (Fsp3) is 0.194. The van der Waals surface area contributed by atoms with Crippen LogP contribution >= 0.6 is 0 Å².